The molecule has 4 rings (SSSR count). The quantitative estimate of drug-likeness (QED) is 0.748. The molecule has 1 aliphatic rings. The Hall–Kier alpha value is -2.89. The summed E-state index contributed by atoms with van der Waals surface area (Å²) in [6.45, 7) is 1.21. The Morgan fingerprint density at radius 2 is 2.05 bits per heavy atom. The molecule has 2 aromatic heterocycles. The van der Waals surface area contributed by atoms with Crippen LogP contribution in [0.4, 0.5) is 4.79 Å². The highest BCUT2D eigenvalue weighted by molar-refractivity contribution is 5.83. The van der Waals surface area contributed by atoms with Gasteiger partial charge in [-0.3, -0.25) is 5.10 Å². The molecule has 0 atom stereocenters. The van der Waals surface area contributed by atoms with Crippen molar-refractivity contribution in [1.29, 1.82) is 0 Å². The first-order chi connectivity index (χ1) is 10.8. The molecule has 110 valence electrons. The first-order valence-corrected chi connectivity index (χ1v) is 7.14. The molecule has 0 saturated carbocycles. The van der Waals surface area contributed by atoms with Gasteiger partial charge in [0.25, 0.3) is 5.88 Å². The maximum absolute atomic E-state index is 12.3. The van der Waals surface area contributed by atoms with E-state index in [2.05, 4.69) is 21.2 Å². The number of hydrogen-bond acceptors (Lipinski definition) is 4. The molecular weight excluding hydrogens is 280 g/mol. The number of nitrogens with one attached hydrogen (secondary N) is 1. The number of rotatable bonds is 1. The number of H-pyrrole nitrogens is 1. The first kappa shape index (κ1) is 12.8. The van der Waals surface area contributed by atoms with Gasteiger partial charge in [-0.2, -0.15) is 0 Å². The predicted octanol–water partition coefficient (Wildman–Crippen LogP) is 2.52. The van der Waals surface area contributed by atoms with Gasteiger partial charge in [0.2, 0.25) is 0 Å². The molecule has 0 fully saturated rings. The fourth-order valence-corrected chi connectivity index (χ4v) is 2.71. The van der Waals surface area contributed by atoms with Crippen molar-refractivity contribution in [1.82, 2.24) is 20.1 Å². The van der Waals surface area contributed by atoms with E-state index in [1.54, 1.807) is 17.2 Å². The summed E-state index contributed by atoms with van der Waals surface area (Å²) in [5.41, 5.74) is 3.06. The minimum Gasteiger partial charge on any atom is -0.389 e. The Kier molecular flexibility index (Phi) is 3.00. The third-order valence-corrected chi connectivity index (χ3v) is 3.87. The van der Waals surface area contributed by atoms with Gasteiger partial charge in [-0.15, -0.1) is 5.10 Å². The minimum atomic E-state index is -0.383. The van der Waals surface area contributed by atoms with E-state index in [-0.39, 0.29) is 12.0 Å². The number of ether oxygens (including phenoxy) is 1. The zero-order valence-electron chi connectivity index (χ0n) is 11.8. The predicted molar refractivity (Wildman–Crippen MR) is 80.5 cm³/mol. The van der Waals surface area contributed by atoms with Crippen LogP contribution in [0, 0.1) is 0 Å². The lowest BCUT2D eigenvalue weighted by Crippen LogP contribution is -2.37. The highest BCUT2D eigenvalue weighted by atomic mass is 16.6. The van der Waals surface area contributed by atoms with Gasteiger partial charge < -0.3 is 9.64 Å². The van der Waals surface area contributed by atoms with Gasteiger partial charge in [-0.05, 0) is 29.7 Å². The maximum Gasteiger partial charge on any atom is 0.416 e. The summed E-state index contributed by atoms with van der Waals surface area (Å²) >= 11 is 0. The zero-order chi connectivity index (χ0) is 14.9. The summed E-state index contributed by atoms with van der Waals surface area (Å²) < 4.78 is 5.43. The lowest BCUT2D eigenvalue weighted by molar-refractivity contribution is 0.145. The van der Waals surface area contributed by atoms with Gasteiger partial charge in [0, 0.05) is 19.3 Å². The van der Waals surface area contributed by atoms with Crippen LogP contribution in [-0.4, -0.2) is 32.7 Å². The summed E-state index contributed by atoms with van der Waals surface area (Å²) in [6, 6.07) is 11.8. The largest absolute Gasteiger partial charge is 0.416 e. The standard InChI is InChI=1S/C16H14N4O2/c21-16(20-9-7-11-4-1-2-5-12(11)10-20)22-15-13-6-3-8-17-14(13)18-19-15/h1-6,8H,7,9-10H2,(H,17,18,19). The monoisotopic (exact) mass is 294 g/mol. The summed E-state index contributed by atoms with van der Waals surface area (Å²) in [4.78, 5) is 18.2. The second-order valence-electron chi connectivity index (χ2n) is 5.24. The van der Waals surface area contributed by atoms with Crippen LogP contribution in [0.1, 0.15) is 11.1 Å². The van der Waals surface area contributed by atoms with Crippen LogP contribution >= 0.6 is 0 Å². The summed E-state index contributed by atoms with van der Waals surface area (Å²) in [7, 11) is 0. The van der Waals surface area contributed by atoms with Gasteiger partial charge in [0.15, 0.2) is 5.65 Å². The van der Waals surface area contributed by atoms with Crippen molar-refractivity contribution in [3.05, 3.63) is 53.7 Å². The number of amides is 1. The molecule has 3 heterocycles. The van der Waals surface area contributed by atoms with Crippen LogP contribution in [0.5, 0.6) is 5.88 Å². The smallest absolute Gasteiger partial charge is 0.389 e. The van der Waals surface area contributed by atoms with Gasteiger partial charge in [-0.1, -0.05) is 24.3 Å². The van der Waals surface area contributed by atoms with Crippen LogP contribution in [0.3, 0.4) is 0 Å². The lowest BCUT2D eigenvalue weighted by atomic mass is 10.0. The summed E-state index contributed by atoms with van der Waals surface area (Å²) in [5, 5.41) is 7.47. The summed E-state index contributed by atoms with van der Waals surface area (Å²) in [6.07, 6.45) is 2.12. The van der Waals surface area contributed by atoms with Crippen molar-refractivity contribution in [2.45, 2.75) is 13.0 Å². The number of aromatic nitrogens is 3. The molecule has 0 radical (unpaired) electrons. The third kappa shape index (κ3) is 2.18. The molecule has 0 unspecified atom stereocenters. The maximum atomic E-state index is 12.3. The number of pyridine rings is 1. The minimum absolute atomic E-state index is 0.270. The fourth-order valence-electron chi connectivity index (χ4n) is 2.71. The Morgan fingerprint density at radius 3 is 2.95 bits per heavy atom. The Balaban J connectivity index is 1.54. The summed E-state index contributed by atoms with van der Waals surface area (Å²) in [5.74, 6) is 0.270. The molecular formula is C16H14N4O2. The van der Waals surface area contributed by atoms with Crippen molar-refractivity contribution in [3.63, 3.8) is 0 Å². The molecule has 1 N–H and O–H groups in total. The van der Waals surface area contributed by atoms with Gasteiger partial charge >= 0.3 is 6.09 Å². The molecule has 0 spiro atoms. The molecule has 0 aliphatic carbocycles. The lowest BCUT2D eigenvalue weighted by Gasteiger charge is -2.27. The molecule has 1 aliphatic heterocycles. The van der Waals surface area contributed by atoms with Crippen molar-refractivity contribution < 1.29 is 9.53 Å². The van der Waals surface area contributed by atoms with E-state index in [0.717, 1.165) is 6.42 Å². The highest BCUT2D eigenvalue weighted by Crippen LogP contribution is 2.23. The first-order valence-electron chi connectivity index (χ1n) is 7.14. The van der Waals surface area contributed by atoms with Gasteiger partial charge in [0.05, 0.1) is 5.39 Å². The number of hydrogen-bond donors (Lipinski definition) is 1. The van der Waals surface area contributed by atoms with Gasteiger partial charge in [-0.25, -0.2) is 9.78 Å². The molecule has 0 saturated heterocycles. The third-order valence-electron chi connectivity index (χ3n) is 3.87. The normalized spacial score (nSPS) is 13.9. The average Bonchev–Trinajstić information content (AvgIpc) is 2.97. The van der Waals surface area contributed by atoms with Crippen LogP contribution < -0.4 is 4.74 Å². The Labute approximate surface area is 126 Å². The van der Waals surface area contributed by atoms with E-state index < -0.39 is 0 Å². The van der Waals surface area contributed by atoms with Crippen LogP contribution in [0.2, 0.25) is 0 Å². The number of carbonyl (C=O) groups is 1. The van der Waals surface area contributed by atoms with Crippen LogP contribution in [0.25, 0.3) is 11.0 Å². The Bertz CT molecular complexity index is 843. The second-order valence-corrected chi connectivity index (χ2v) is 5.24. The Morgan fingerprint density at radius 1 is 1.18 bits per heavy atom. The zero-order valence-corrected chi connectivity index (χ0v) is 11.8. The van der Waals surface area contributed by atoms with E-state index in [9.17, 15) is 4.79 Å². The van der Waals surface area contributed by atoms with Crippen molar-refractivity contribution in [2.75, 3.05) is 6.54 Å². The number of benzene rings is 1. The van der Waals surface area contributed by atoms with Crippen molar-refractivity contribution in [2.24, 2.45) is 0 Å². The molecule has 0 bridgehead atoms. The van der Waals surface area contributed by atoms with E-state index in [0.29, 0.717) is 24.1 Å². The van der Waals surface area contributed by atoms with E-state index in [1.165, 1.54) is 11.1 Å². The van der Waals surface area contributed by atoms with E-state index >= 15 is 0 Å². The van der Waals surface area contributed by atoms with Crippen molar-refractivity contribution in [3.8, 4) is 5.88 Å². The number of fused-ring (bicyclic) bond motifs is 2. The molecule has 6 nitrogen and oxygen atoms in total. The van der Waals surface area contributed by atoms with Crippen LogP contribution in [0.15, 0.2) is 42.6 Å². The van der Waals surface area contributed by atoms with E-state index in [4.69, 9.17) is 4.74 Å². The SMILES string of the molecule is O=C(Oc1n[nH]c2ncccc12)N1CCc2ccccc2C1. The fraction of sp³-hybridized carbons (Fsp3) is 0.188. The number of aromatic amines is 1. The average molecular weight is 294 g/mol. The van der Waals surface area contributed by atoms with E-state index in [1.807, 2.05) is 24.3 Å². The second kappa shape index (κ2) is 5.14. The topological polar surface area (TPSA) is 71.1 Å². The number of carbonyl (C=O) groups excluding carboxylic acids is 1. The molecule has 6 heteroatoms. The number of nitrogens with zero attached hydrogens (tertiary/aromatic N) is 3. The highest BCUT2D eigenvalue weighted by Gasteiger charge is 2.23. The van der Waals surface area contributed by atoms with Crippen molar-refractivity contribution >= 4 is 17.1 Å². The molecule has 22 heavy (non-hydrogen) atoms. The molecule has 1 amide bonds. The molecule has 1 aromatic carbocycles. The van der Waals surface area contributed by atoms with Gasteiger partial charge in [0.1, 0.15) is 0 Å². The van der Waals surface area contributed by atoms with Crippen LogP contribution in [-0.2, 0) is 13.0 Å². The molecule has 3 aromatic rings.